The summed E-state index contributed by atoms with van der Waals surface area (Å²) in [4.78, 5) is 24.4. The zero-order valence-electron chi connectivity index (χ0n) is 17.9. The number of benzene rings is 3. The number of aromatic nitrogens is 1. The Morgan fingerprint density at radius 1 is 0.970 bits per heavy atom. The lowest BCUT2D eigenvalue weighted by molar-refractivity contribution is -0.136. The summed E-state index contributed by atoms with van der Waals surface area (Å²) >= 11 is 0. The van der Waals surface area contributed by atoms with E-state index in [0.717, 1.165) is 27.8 Å². The van der Waals surface area contributed by atoms with Crippen LogP contribution in [0.5, 0.6) is 5.75 Å². The summed E-state index contributed by atoms with van der Waals surface area (Å²) in [5.74, 6) is 0.268. The molecule has 0 aliphatic rings. The number of hydrogen-bond donors (Lipinski definition) is 1. The first-order chi connectivity index (χ1) is 16.0. The van der Waals surface area contributed by atoms with Crippen molar-refractivity contribution in [3.63, 3.8) is 0 Å². The molecule has 3 aromatic carbocycles. The van der Waals surface area contributed by atoms with Gasteiger partial charge in [-0.3, -0.25) is 14.2 Å². The number of para-hydroxylation sites is 1. The molecule has 0 unspecified atom stereocenters. The van der Waals surface area contributed by atoms with Crippen LogP contribution >= 0.6 is 0 Å². The second kappa shape index (κ2) is 8.31. The van der Waals surface area contributed by atoms with Gasteiger partial charge in [-0.2, -0.15) is 0 Å². The lowest BCUT2D eigenvalue weighted by Crippen LogP contribution is -2.13. The predicted octanol–water partition coefficient (Wildman–Crippen LogP) is 5.59. The van der Waals surface area contributed by atoms with Gasteiger partial charge in [0.25, 0.3) is 5.91 Å². The molecule has 5 rings (SSSR count). The molecule has 0 aliphatic carbocycles. The molecule has 0 radical (unpaired) electrons. The van der Waals surface area contributed by atoms with Crippen LogP contribution in [0.3, 0.4) is 0 Å². The number of carbonyl (C=O) groups excluding carboxylic acids is 1. The van der Waals surface area contributed by atoms with Gasteiger partial charge in [0.1, 0.15) is 23.7 Å². The fourth-order valence-electron chi connectivity index (χ4n) is 4.10. The summed E-state index contributed by atoms with van der Waals surface area (Å²) in [6.07, 6.45) is -0.0910. The van der Waals surface area contributed by atoms with Crippen LogP contribution in [-0.4, -0.2) is 21.6 Å². The summed E-state index contributed by atoms with van der Waals surface area (Å²) in [7, 11) is 0. The fourth-order valence-corrected chi connectivity index (χ4v) is 4.10. The second-order valence-corrected chi connectivity index (χ2v) is 7.91. The highest BCUT2D eigenvalue weighted by atomic mass is 16.5. The molecule has 1 N–H and O–H groups in total. The van der Waals surface area contributed by atoms with Crippen LogP contribution in [0.2, 0.25) is 0 Å². The Morgan fingerprint density at radius 2 is 1.76 bits per heavy atom. The maximum absolute atomic E-state index is 13.3. The van der Waals surface area contributed by atoms with Gasteiger partial charge < -0.3 is 14.3 Å². The zero-order chi connectivity index (χ0) is 22.9. The second-order valence-electron chi connectivity index (χ2n) is 7.91. The minimum atomic E-state index is -0.905. The van der Waals surface area contributed by atoms with Gasteiger partial charge in [-0.05, 0) is 61.0 Å². The van der Waals surface area contributed by atoms with Gasteiger partial charge >= 0.3 is 5.97 Å². The zero-order valence-corrected chi connectivity index (χ0v) is 17.9. The number of carboxylic acids is 1. The number of rotatable bonds is 6. The molecule has 0 atom stereocenters. The van der Waals surface area contributed by atoms with Crippen molar-refractivity contribution in [2.45, 2.75) is 20.0 Å². The third kappa shape index (κ3) is 3.99. The Kier molecular flexibility index (Phi) is 5.18. The van der Waals surface area contributed by atoms with Crippen molar-refractivity contribution in [2.75, 3.05) is 0 Å². The van der Waals surface area contributed by atoms with Crippen LogP contribution in [0.1, 0.15) is 27.4 Å². The minimum Gasteiger partial charge on any atom is -0.486 e. The summed E-state index contributed by atoms with van der Waals surface area (Å²) in [5, 5.41) is 11.0. The largest absolute Gasteiger partial charge is 0.486 e. The maximum Gasteiger partial charge on any atom is 0.307 e. The number of hydrogen-bond acceptors (Lipinski definition) is 4. The van der Waals surface area contributed by atoms with Gasteiger partial charge in [-0.1, -0.05) is 30.3 Å². The smallest absolute Gasteiger partial charge is 0.307 e. The quantitative estimate of drug-likeness (QED) is 0.373. The molecular weight excluding hydrogens is 418 g/mol. The van der Waals surface area contributed by atoms with Crippen LogP contribution in [0.15, 0.2) is 83.3 Å². The molecule has 2 heterocycles. The number of carbonyl (C=O) groups is 2. The van der Waals surface area contributed by atoms with Gasteiger partial charge in [-0.25, -0.2) is 0 Å². The van der Waals surface area contributed by atoms with Gasteiger partial charge in [-0.15, -0.1) is 0 Å². The van der Waals surface area contributed by atoms with E-state index in [0.29, 0.717) is 22.4 Å². The number of furan rings is 1. The Balaban J connectivity index is 1.35. The SMILES string of the molecule is Cc1cc2c(CC(=O)O)cccc2n1C(=O)c1ccc(OCc2cc3ccccc3o2)cc1. The fraction of sp³-hybridized carbons (Fsp3) is 0.111. The molecule has 0 fully saturated rings. The third-order valence-electron chi connectivity index (χ3n) is 5.62. The third-order valence-corrected chi connectivity index (χ3v) is 5.62. The van der Waals surface area contributed by atoms with E-state index < -0.39 is 5.97 Å². The number of aryl methyl sites for hydroxylation is 1. The first kappa shape index (κ1) is 20.6. The molecule has 33 heavy (non-hydrogen) atoms. The van der Waals surface area contributed by atoms with E-state index in [-0.39, 0.29) is 18.9 Å². The first-order valence-corrected chi connectivity index (χ1v) is 10.6. The van der Waals surface area contributed by atoms with Gasteiger partial charge in [0.2, 0.25) is 0 Å². The Morgan fingerprint density at radius 3 is 2.52 bits per heavy atom. The molecular formula is C27H21NO5. The molecule has 0 saturated heterocycles. The van der Waals surface area contributed by atoms with E-state index in [1.54, 1.807) is 41.0 Å². The normalized spacial score (nSPS) is 11.2. The Hall–Kier alpha value is -4.32. The Bertz CT molecular complexity index is 1460. The highest BCUT2D eigenvalue weighted by molar-refractivity contribution is 6.04. The average Bonchev–Trinajstić information content (AvgIpc) is 3.38. The summed E-state index contributed by atoms with van der Waals surface area (Å²) < 4.78 is 13.2. The molecule has 5 aromatic rings. The number of fused-ring (bicyclic) bond motifs is 2. The first-order valence-electron chi connectivity index (χ1n) is 10.6. The summed E-state index contributed by atoms with van der Waals surface area (Å²) in [6, 6.07) is 23.9. The molecule has 0 saturated carbocycles. The van der Waals surface area contributed by atoms with Crippen LogP contribution in [0, 0.1) is 6.92 Å². The molecule has 6 heteroatoms. The van der Waals surface area contributed by atoms with Crippen molar-refractivity contribution in [3.8, 4) is 5.75 Å². The molecule has 2 aromatic heterocycles. The topological polar surface area (TPSA) is 81.7 Å². The van der Waals surface area contributed by atoms with Crippen molar-refractivity contribution in [3.05, 3.63) is 101 Å². The van der Waals surface area contributed by atoms with Crippen LogP contribution in [0.25, 0.3) is 21.9 Å². The van der Waals surface area contributed by atoms with Crippen molar-refractivity contribution >= 4 is 33.7 Å². The number of carboxylic acid groups (broad SMARTS) is 1. The molecule has 0 aliphatic heterocycles. The van der Waals surface area contributed by atoms with Gasteiger partial charge in [0, 0.05) is 22.0 Å². The van der Waals surface area contributed by atoms with E-state index in [1.165, 1.54) is 0 Å². The van der Waals surface area contributed by atoms with Crippen molar-refractivity contribution in [2.24, 2.45) is 0 Å². The highest BCUT2D eigenvalue weighted by Crippen LogP contribution is 2.26. The molecule has 164 valence electrons. The number of nitrogens with zero attached hydrogens (tertiary/aromatic N) is 1. The lowest BCUT2D eigenvalue weighted by atomic mass is 10.1. The summed E-state index contributed by atoms with van der Waals surface area (Å²) in [5.41, 5.74) is 3.46. The number of ether oxygens (including phenoxy) is 1. The van der Waals surface area contributed by atoms with E-state index >= 15 is 0 Å². The molecule has 0 amide bonds. The minimum absolute atomic E-state index is 0.0910. The van der Waals surface area contributed by atoms with E-state index in [2.05, 4.69) is 0 Å². The monoisotopic (exact) mass is 439 g/mol. The van der Waals surface area contributed by atoms with Crippen molar-refractivity contribution in [1.29, 1.82) is 0 Å². The van der Waals surface area contributed by atoms with E-state index in [4.69, 9.17) is 9.15 Å². The standard InChI is InChI=1S/C27H21NO5/c1-17-13-23-19(15-26(29)30)6-4-7-24(23)28(17)27(31)18-9-11-21(12-10-18)32-16-22-14-20-5-2-3-8-25(20)33-22/h2-14H,15-16H2,1H3,(H,29,30). The van der Waals surface area contributed by atoms with Gasteiger partial charge in [0.15, 0.2) is 0 Å². The molecule has 0 bridgehead atoms. The maximum atomic E-state index is 13.3. The van der Waals surface area contributed by atoms with Crippen LogP contribution in [-0.2, 0) is 17.8 Å². The van der Waals surface area contributed by atoms with Gasteiger partial charge in [0.05, 0.1) is 11.9 Å². The van der Waals surface area contributed by atoms with Crippen molar-refractivity contribution in [1.82, 2.24) is 4.57 Å². The average molecular weight is 439 g/mol. The number of aliphatic carboxylic acids is 1. The lowest BCUT2D eigenvalue weighted by Gasteiger charge is -2.09. The van der Waals surface area contributed by atoms with Crippen LogP contribution in [0.4, 0.5) is 0 Å². The van der Waals surface area contributed by atoms with E-state index in [1.807, 2.05) is 49.4 Å². The molecule has 6 nitrogen and oxygen atoms in total. The van der Waals surface area contributed by atoms with E-state index in [9.17, 15) is 14.7 Å². The Labute approximate surface area is 189 Å². The predicted molar refractivity (Wildman–Crippen MR) is 125 cm³/mol. The van der Waals surface area contributed by atoms with Crippen molar-refractivity contribution < 1.29 is 23.8 Å². The van der Waals surface area contributed by atoms with Crippen LogP contribution < -0.4 is 4.74 Å². The summed E-state index contributed by atoms with van der Waals surface area (Å²) in [6.45, 7) is 2.13. The molecule has 0 spiro atoms. The highest BCUT2D eigenvalue weighted by Gasteiger charge is 2.17.